The molecule has 0 aliphatic carbocycles. The van der Waals surface area contributed by atoms with Gasteiger partial charge in [-0.15, -0.1) is 10.2 Å². The van der Waals surface area contributed by atoms with Crippen molar-refractivity contribution in [1.29, 1.82) is 0 Å². The number of amides is 1. The fourth-order valence-electron chi connectivity index (χ4n) is 3.71. The Morgan fingerprint density at radius 1 is 1.16 bits per heavy atom. The van der Waals surface area contributed by atoms with Crippen LogP contribution in [0, 0.1) is 12.8 Å². The van der Waals surface area contributed by atoms with Gasteiger partial charge in [0.15, 0.2) is 5.69 Å². The molecule has 0 aliphatic rings. The molecule has 1 amide bonds. The summed E-state index contributed by atoms with van der Waals surface area (Å²) >= 11 is 0. The van der Waals surface area contributed by atoms with E-state index in [2.05, 4.69) is 29.1 Å². The summed E-state index contributed by atoms with van der Waals surface area (Å²) in [6, 6.07) is 14.6. The molecule has 4 rings (SSSR count). The molecule has 0 spiro atoms. The molecule has 0 saturated heterocycles. The lowest BCUT2D eigenvalue weighted by Crippen LogP contribution is -2.03. The molecular formula is C24H24N4O3. The zero-order chi connectivity index (χ0) is 22.1. The summed E-state index contributed by atoms with van der Waals surface area (Å²) in [5.41, 5.74) is 2.90. The second-order valence-electron chi connectivity index (χ2n) is 7.89. The molecule has 0 aliphatic heterocycles. The van der Waals surface area contributed by atoms with Crippen LogP contribution in [0.4, 0.5) is 5.69 Å². The number of ether oxygens (including phenoxy) is 1. The predicted molar refractivity (Wildman–Crippen MR) is 120 cm³/mol. The van der Waals surface area contributed by atoms with Crippen LogP contribution in [0.25, 0.3) is 21.8 Å². The largest absolute Gasteiger partial charge is 0.497 e. The predicted octanol–water partition coefficient (Wildman–Crippen LogP) is 5.79. The van der Waals surface area contributed by atoms with Crippen molar-refractivity contribution >= 4 is 33.4 Å². The molecule has 7 heteroatoms. The van der Waals surface area contributed by atoms with Crippen molar-refractivity contribution in [2.75, 3.05) is 7.11 Å². The quantitative estimate of drug-likeness (QED) is 0.417. The van der Waals surface area contributed by atoms with Gasteiger partial charge in [-0.3, -0.25) is 9.78 Å². The molecule has 31 heavy (non-hydrogen) atoms. The van der Waals surface area contributed by atoms with Crippen LogP contribution in [0.3, 0.4) is 0 Å². The summed E-state index contributed by atoms with van der Waals surface area (Å²) in [7, 11) is 1.57. The van der Waals surface area contributed by atoms with Gasteiger partial charge in [0.2, 0.25) is 5.88 Å². The van der Waals surface area contributed by atoms with Gasteiger partial charge in [-0.2, -0.15) is 0 Å². The molecule has 0 atom stereocenters. The number of pyridine rings is 1. The molecule has 2 heterocycles. The Morgan fingerprint density at radius 3 is 2.68 bits per heavy atom. The number of hydrogen-bond donors (Lipinski definition) is 1. The van der Waals surface area contributed by atoms with Crippen LogP contribution >= 0.6 is 0 Å². The van der Waals surface area contributed by atoms with Crippen molar-refractivity contribution in [1.82, 2.24) is 9.55 Å². The minimum absolute atomic E-state index is 0.00360. The summed E-state index contributed by atoms with van der Waals surface area (Å²) in [4.78, 5) is 17.5. The van der Waals surface area contributed by atoms with E-state index in [4.69, 9.17) is 4.74 Å². The van der Waals surface area contributed by atoms with Gasteiger partial charge in [0, 0.05) is 23.0 Å². The molecule has 0 unspecified atom stereocenters. The van der Waals surface area contributed by atoms with E-state index in [1.165, 1.54) is 0 Å². The van der Waals surface area contributed by atoms with Crippen molar-refractivity contribution in [2.45, 2.75) is 27.3 Å². The van der Waals surface area contributed by atoms with Crippen LogP contribution < -0.4 is 4.74 Å². The summed E-state index contributed by atoms with van der Waals surface area (Å²) in [6.45, 7) is 6.60. The Labute approximate surface area is 180 Å². The highest BCUT2D eigenvalue weighted by Crippen LogP contribution is 2.39. The van der Waals surface area contributed by atoms with E-state index in [0.29, 0.717) is 40.4 Å². The van der Waals surface area contributed by atoms with Crippen LogP contribution in [0.2, 0.25) is 0 Å². The minimum Gasteiger partial charge on any atom is -0.497 e. The number of aryl methyl sites for hydroxylation is 1. The lowest BCUT2D eigenvalue weighted by atomic mass is 10.1. The average Bonchev–Trinajstić information content (AvgIpc) is 3.01. The van der Waals surface area contributed by atoms with Gasteiger partial charge in [0.1, 0.15) is 5.75 Å². The highest BCUT2D eigenvalue weighted by Gasteiger charge is 2.18. The van der Waals surface area contributed by atoms with Crippen LogP contribution in [-0.2, 0) is 6.54 Å². The molecule has 0 bridgehead atoms. The van der Waals surface area contributed by atoms with Gasteiger partial charge in [0.05, 0.1) is 23.7 Å². The molecule has 1 N–H and O–H groups in total. The van der Waals surface area contributed by atoms with Crippen molar-refractivity contribution in [3.8, 4) is 11.6 Å². The van der Waals surface area contributed by atoms with Gasteiger partial charge < -0.3 is 14.4 Å². The number of azo groups is 1. The van der Waals surface area contributed by atoms with Gasteiger partial charge >= 0.3 is 0 Å². The minimum atomic E-state index is -0.510. The lowest BCUT2D eigenvalue weighted by Gasteiger charge is -2.09. The van der Waals surface area contributed by atoms with Crippen molar-refractivity contribution in [2.24, 2.45) is 16.1 Å². The number of hydrogen-bond acceptors (Lipinski definition) is 5. The van der Waals surface area contributed by atoms with Crippen LogP contribution in [0.5, 0.6) is 11.6 Å². The maximum Gasteiger partial charge on any atom is 0.296 e. The van der Waals surface area contributed by atoms with Crippen molar-refractivity contribution in [3.05, 3.63) is 59.8 Å². The summed E-state index contributed by atoms with van der Waals surface area (Å²) in [5, 5.41) is 20.3. The normalized spacial score (nSPS) is 11.8. The second-order valence-corrected chi connectivity index (χ2v) is 7.89. The number of fused-ring (bicyclic) bond motifs is 2. The van der Waals surface area contributed by atoms with Crippen molar-refractivity contribution < 1.29 is 14.6 Å². The van der Waals surface area contributed by atoms with Crippen LogP contribution in [0.1, 0.15) is 29.9 Å². The number of para-hydroxylation sites is 1. The number of aromatic nitrogens is 2. The van der Waals surface area contributed by atoms with E-state index >= 15 is 0 Å². The standard InChI is InChI=1S/C24H24N4O3/c1-14(2)13-28-21-8-6-5-7-17(21)22(24(28)30)26-27-23(29)19-11-15(3)25-20-10-9-16(31-4)12-18(19)20/h5-12,14,30H,13H2,1-4H3. The number of methoxy groups -OCH3 is 1. The maximum absolute atomic E-state index is 13.0. The third-order valence-corrected chi connectivity index (χ3v) is 5.08. The molecule has 0 saturated carbocycles. The maximum atomic E-state index is 13.0. The van der Waals surface area contributed by atoms with Gasteiger partial charge in [-0.05, 0) is 43.2 Å². The second kappa shape index (κ2) is 8.18. The first-order chi connectivity index (χ1) is 14.9. The first kappa shape index (κ1) is 20.5. The van der Waals surface area contributed by atoms with E-state index < -0.39 is 5.91 Å². The first-order valence-electron chi connectivity index (χ1n) is 10.1. The number of carbonyl (C=O) groups is 1. The molecule has 2 aromatic carbocycles. The molecule has 0 fully saturated rings. The first-order valence-corrected chi connectivity index (χ1v) is 10.1. The Balaban J connectivity index is 1.79. The topological polar surface area (TPSA) is 89.1 Å². The number of rotatable bonds is 5. The average molecular weight is 416 g/mol. The summed E-state index contributed by atoms with van der Waals surface area (Å²) < 4.78 is 7.09. The fraction of sp³-hybridized carbons (Fsp3) is 0.250. The lowest BCUT2D eigenvalue weighted by molar-refractivity contribution is 0.0996. The Morgan fingerprint density at radius 2 is 1.94 bits per heavy atom. The van der Waals surface area contributed by atoms with E-state index in [1.807, 2.05) is 31.2 Å². The molecule has 0 radical (unpaired) electrons. The molecular weight excluding hydrogens is 392 g/mol. The highest BCUT2D eigenvalue weighted by atomic mass is 16.5. The number of carbonyl (C=O) groups excluding carboxylic acids is 1. The smallest absolute Gasteiger partial charge is 0.296 e. The van der Waals surface area contributed by atoms with Gasteiger partial charge in [-0.25, -0.2) is 0 Å². The summed E-state index contributed by atoms with van der Waals surface area (Å²) in [5.74, 6) is 0.445. The van der Waals surface area contributed by atoms with E-state index in [0.717, 1.165) is 10.9 Å². The fourth-order valence-corrected chi connectivity index (χ4v) is 3.71. The molecule has 2 aromatic heterocycles. The zero-order valence-electron chi connectivity index (χ0n) is 18.0. The molecule has 4 aromatic rings. The van der Waals surface area contributed by atoms with E-state index in [-0.39, 0.29) is 11.6 Å². The van der Waals surface area contributed by atoms with Crippen molar-refractivity contribution in [3.63, 3.8) is 0 Å². The molecule has 158 valence electrons. The van der Waals surface area contributed by atoms with E-state index in [1.54, 1.807) is 35.9 Å². The number of aromatic hydroxyl groups is 1. The van der Waals surface area contributed by atoms with Gasteiger partial charge in [0.25, 0.3) is 5.91 Å². The van der Waals surface area contributed by atoms with E-state index in [9.17, 15) is 9.90 Å². The zero-order valence-corrected chi connectivity index (χ0v) is 18.0. The molecule has 7 nitrogen and oxygen atoms in total. The highest BCUT2D eigenvalue weighted by molar-refractivity contribution is 6.07. The third kappa shape index (κ3) is 3.86. The van der Waals surface area contributed by atoms with Crippen LogP contribution in [0.15, 0.2) is 58.8 Å². The number of nitrogens with zero attached hydrogens (tertiary/aromatic N) is 4. The number of benzene rings is 2. The Kier molecular flexibility index (Phi) is 5.42. The SMILES string of the molecule is COc1ccc2nc(C)cc(C(=O)N=Nc3c(O)n(CC(C)C)c4ccccc34)c2c1. The summed E-state index contributed by atoms with van der Waals surface area (Å²) in [6.07, 6.45) is 0. The Bertz CT molecular complexity index is 1320. The third-order valence-electron chi connectivity index (χ3n) is 5.08. The monoisotopic (exact) mass is 416 g/mol. The van der Waals surface area contributed by atoms with Gasteiger partial charge in [-0.1, -0.05) is 32.0 Å². The Hall–Kier alpha value is -3.74. The van der Waals surface area contributed by atoms with Crippen LogP contribution in [-0.4, -0.2) is 27.7 Å².